The lowest BCUT2D eigenvalue weighted by Gasteiger charge is -2.37. The maximum atomic E-state index is 13.1. The summed E-state index contributed by atoms with van der Waals surface area (Å²) in [6.45, 7) is 4.67. The molecule has 3 heterocycles. The number of halogens is 3. The Balaban J connectivity index is 1.37. The molecule has 29 heavy (non-hydrogen) atoms. The number of hydrogen-bond donors (Lipinski definition) is 1. The van der Waals surface area contributed by atoms with Crippen LogP contribution >= 0.6 is 0 Å². The second-order valence-electron chi connectivity index (χ2n) is 7.15. The third-order valence-corrected chi connectivity index (χ3v) is 5.19. The van der Waals surface area contributed by atoms with Crippen LogP contribution in [0.2, 0.25) is 0 Å². The molecule has 1 aromatic rings. The van der Waals surface area contributed by atoms with Crippen molar-refractivity contribution in [1.82, 2.24) is 14.7 Å². The summed E-state index contributed by atoms with van der Waals surface area (Å²) in [5.74, 6) is 1.67. The second kappa shape index (κ2) is 7.41. The molecular formula is C19H21F3N6O. The molecule has 0 aromatic heterocycles. The summed E-state index contributed by atoms with van der Waals surface area (Å²) in [6.07, 6.45) is -0.819. The number of nitrogens with one attached hydrogen (secondary N) is 1. The fourth-order valence-electron chi connectivity index (χ4n) is 3.53. The van der Waals surface area contributed by atoms with E-state index in [1.807, 2.05) is 15.9 Å². The second-order valence-corrected chi connectivity index (χ2v) is 7.15. The summed E-state index contributed by atoms with van der Waals surface area (Å²) in [5, 5.41) is 2.39. The van der Waals surface area contributed by atoms with Crippen LogP contribution in [0.3, 0.4) is 0 Å². The van der Waals surface area contributed by atoms with Crippen LogP contribution in [0.5, 0.6) is 0 Å². The zero-order chi connectivity index (χ0) is 20.6. The standard InChI is InChI=1S/C19H21F3N6O/c1-13-11-23-17-10-16(24-12-28(13)17)26-6-8-27(9-7-26)18(29)25-15-5-3-2-4-14(15)19(20,21)22/h2-5,10,12-13H,6-9,11H2,1H3,(H,25,29)/t13-/m1/s1. The minimum absolute atomic E-state index is 0.236. The summed E-state index contributed by atoms with van der Waals surface area (Å²) in [4.78, 5) is 27.0. The number of carbonyl (C=O) groups is 1. The SMILES string of the molecule is C[C@@H]1CN=C2C=C(N3CCN(C(=O)Nc4ccccc4C(F)(F)F)CC3)N=CN21. The number of amides is 2. The number of aliphatic imine (C=N–C) groups is 2. The molecule has 0 unspecified atom stereocenters. The van der Waals surface area contributed by atoms with E-state index in [0.717, 1.165) is 24.3 Å². The Hall–Kier alpha value is -3.04. The maximum absolute atomic E-state index is 13.1. The van der Waals surface area contributed by atoms with Gasteiger partial charge in [0.15, 0.2) is 0 Å². The molecule has 10 heteroatoms. The van der Waals surface area contributed by atoms with Crippen molar-refractivity contribution >= 4 is 23.9 Å². The van der Waals surface area contributed by atoms with E-state index >= 15 is 0 Å². The lowest BCUT2D eigenvalue weighted by molar-refractivity contribution is -0.136. The van der Waals surface area contributed by atoms with Crippen LogP contribution < -0.4 is 5.32 Å². The maximum Gasteiger partial charge on any atom is 0.418 e. The van der Waals surface area contributed by atoms with E-state index in [-0.39, 0.29) is 5.69 Å². The van der Waals surface area contributed by atoms with E-state index in [9.17, 15) is 18.0 Å². The zero-order valence-corrected chi connectivity index (χ0v) is 15.9. The lowest BCUT2D eigenvalue weighted by Crippen LogP contribution is -2.50. The first-order valence-electron chi connectivity index (χ1n) is 9.39. The molecule has 2 amide bonds. The molecule has 0 bridgehead atoms. The highest BCUT2D eigenvalue weighted by molar-refractivity contribution is 6.03. The Kier molecular flexibility index (Phi) is 4.93. The largest absolute Gasteiger partial charge is 0.418 e. The number of carbonyl (C=O) groups excluding carboxylic acids is 1. The molecule has 1 fully saturated rings. The fraction of sp³-hybridized carbons (Fsp3) is 0.421. The van der Waals surface area contributed by atoms with Gasteiger partial charge in [0.2, 0.25) is 0 Å². The van der Waals surface area contributed by atoms with Gasteiger partial charge in [-0.25, -0.2) is 9.79 Å². The average Bonchev–Trinajstić information content (AvgIpc) is 3.08. The quantitative estimate of drug-likeness (QED) is 0.822. The van der Waals surface area contributed by atoms with Gasteiger partial charge in [-0.2, -0.15) is 13.2 Å². The summed E-state index contributed by atoms with van der Waals surface area (Å²) < 4.78 is 39.3. The topological polar surface area (TPSA) is 63.5 Å². The number of piperazine rings is 1. The molecule has 1 atom stereocenters. The first-order valence-corrected chi connectivity index (χ1v) is 9.39. The smallest absolute Gasteiger partial charge is 0.353 e. The van der Waals surface area contributed by atoms with Gasteiger partial charge in [-0.15, -0.1) is 0 Å². The molecule has 154 valence electrons. The molecule has 1 aromatic carbocycles. The first-order chi connectivity index (χ1) is 13.8. The Morgan fingerprint density at radius 3 is 2.62 bits per heavy atom. The first kappa shape index (κ1) is 19.3. The molecule has 1 N–H and O–H groups in total. The number of para-hydroxylation sites is 1. The Bertz CT molecular complexity index is 886. The van der Waals surface area contributed by atoms with Gasteiger partial charge < -0.3 is 20.0 Å². The normalized spacial score (nSPS) is 21.7. The van der Waals surface area contributed by atoms with Crippen molar-refractivity contribution in [3.8, 4) is 0 Å². The van der Waals surface area contributed by atoms with Crippen molar-refractivity contribution in [2.45, 2.75) is 19.1 Å². The highest BCUT2D eigenvalue weighted by Crippen LogP contribution is 2.34. The van der Waals surface area contributed by atoms with Gasteiger partial charge in [-0.05, 0) is 19.1 Å². The highest BCUT2D eigenvalue weighted by atomic mass is 19.4. The van der Waals surface area contributed by atoms with Crippen molar-refractivity contribution in [2.75, 3.05) is 38.0 Å². The molecule has 7 nitrogen and oxygen atoms in total. The van der Waals surface area contributed by atoms with Gasteiger partial charge in [0.25, 0.3) is 0 Å². The molecule has 3 aliphatic rings. The summed E-state index contributed by atoms with van der Waals surface area (Å²) >= 11 is 0. The molecule has 0 spiro atoms. The zero-order valence-electron chi connectivity index (χ0n) is 15.9. The number of fused-ring (bicyclic) bond motifs is 1. The van der Waals surface area contributed by atoms with Gasteiger partial charge in [-0.1, -0.05) is 12.1 Å². The van der Waals surface area contributed by atoms with E-state index in [1.54, 1.807) is 6.34 Å². The van der Waals surface area contributed by atoms with E-state index < -0.39 is 17.8 Å². The number of urea groups is 1. The number of nitrogens with zero attached hydrogens (tertiary/aromatic N) is 5. The van der Waals surface area contributed by atoms with Crippen LogP contribution in [0, 0.1) is 0 Å². The lowest BCUT2D eigenvalue weighted by atomic mass is 10.1. The van der Waals surface area contributed by atoms with Crippen molar-refractivity contribution < 1.29 is 18.0 Å². The van der Waals surface area contributed by atoms with Gasteiger partial charge in [-0.3, -0.25) is 4.99 Å². The number of rotatable bonds is 2. The van der Waals surface area contributed by atoms with E-state index in [0.29, 0.717) is 32.2 Å². The van der Waals surface area contributed by atoms with Crippen molar-refractivity contribution in [3.63, 3.8) is 0 Å². The predicted octanol–water partition coefficient (Wildman–Crippen LogP) is 2.84. The molecule has 0 radical (unpaired) electrons. The minimum atomic E-state index is -4.53. The van der Waals surface area contributed by atoms with Gasteiger partial charge in [0.1, 0.15) is 11.7 Å². The molecule has 4 rings (SSSR count). The summed E-state index contributed by atoms with van der Waals surface area (Å²) in [5.41, 5.74) is -1.09. The molecular weight excluding hydrogens is 385 g/mol. The number of alkyl halides is 3. The van der Waals surface area contributed by atoms with Gasteiger partial charge in [0.05, 0.1) is 30.2 Å². The molecule has 3 aliphatic heterocycles. The van der Waals surface area contributed by atoms with E-state index in [1.165, 1.54) is 23.1 Å². The number of benzene rings is 1. The summed E-state index contributed by atoms with van der Waals surface area (Å²) in [7, 11) is 0. The fourth-order valence-corrected chi connectivity index (χ4v) is 3.53. The number of hydrogen-bond acceptors (Lipinski definition) is 5. The average molecular weight is 406 g/mol. The van der Waals surface area contributed by atoms with E-state index in [2.05, 4.69) is 22.2 Å². The van der Waals surface area contributed by atoms with Crippen LogP contribution in [-0.2, 0) is 6.18 Å². The summed E-state index contributed by atoms with van der Waals surface area (Å²) in [6, 6.07) is 4.73. The number of anilines is 1. The minimum Gasteiger partial charge on any atom is -0.353 e. The van der Waals surface area contributed by atoms with Crippen LogP contribution in [0.25, 0.3) is 0 Å². The van der Waals surface area contributed by atoms with Gasteiger partial charge in [0, 0.05) is 32.3 Å². The third-order valence-electron chi connectivity index (χ3n) is 5.19. The van der Waals surface area contributed by atoms with Crippen LogP contribution in [0.1, 0.15) is 12.5 Å². The van der Waals surface area contributed by atoms with E-state index in [4.69, 9.17) is 0 Å². The van der Waals surface area contributed by atoms with Crippen LogP contribution in [0.4, 0.5) is 23.7 Å². The predicted molar refractivity (Wildman–Crippen MR) is 104 cm³/mol. The Morgan fingerprint density at radius 1 is 1.17 bits per heavy atom. The third kappa shape index (κ3) is 3.92. The molecule has 1 saturated heterocycles. The van der Waals surface area contributed by atoms with Gasteiger partial charge >= 0.3 is 12.2 Å². The van der Waals surface area contributed by atoms with Crippen molar-refractivity contribution in [1.29, 1.82) is 0 Å². The van der Waals surface area contributed by atoms with Crippen molar-refractivity contribution in [3.05, 3.63) is 41.7 Å². The number of amidine groups is 1. The molecule has 0 aliphatic carbocycles. The Morgan fingerprint density at radius 2 is 1.90 bits per heavy atom. The van der Waals surface area contributed by atoms with Crippen LogP contribution in [-0.4, -0.2) is 71.7 Å². The monoisotopic (exact) mass is 406 g/mol. The molecule has 0 saturated carbocycles. The highest BCUT2D eigenvalue weighted by Gasteiger charge is 2.34. The Labute approximate surface area is 166 Å². The van der Waals surface area contributed by atoms with Crippen molar-refractivity contribution in [2.24, 2.45) is 9.98 Å². The van der Waals surface area contributed by atoms with Crippen LogP contribution in [0.15, 0.2) is 46.1 Å².